The van der Waals surface area contributed by atoms with E-state index in [0.29, 0.717) is 29.7 Å². The van der Waals surface area contributed by atoms with Gasteiger partial charge in [0.05, 0.1) is 7.11 Å². The van der Waals surface area contributed by atoms with Crippen LogP contribution in [0.15, 0.2) is 27.4 Å². The lowest BCUT2D eigenvalue weighted by Gasteiger charge is -2.14. The summed E-state index contributed by atoms with van der Waals surface area (Å²) in [4.78, 5) is 35.4. The number of hydrogen-bond donors (Lipinski definition) is 2. The lowest BCUT2D eigenvalue weighted by atomic mass is 10.0. The summed E-state index contributed by atoms with van der Waals surface area (Å²) < 4.78 is 10.5. The van der Waals surface area contributed by atoms with Crippen molar-refractivity contribution in [2.45, 2.75) is 45.6 Å². The molecule has 0 saturated heterocycles. The average molecular weight is 361 g/mol. The summed E-state index contributed by atoms with van der Waals surface area (Å²) in [6.45, 7) is 3.65. The van der Waals surface area contributed by atoms with Crippen LogP contribution in [0.2, 0.25) is 0 Å². The number of carbonyl (C=O) groups excluding carboxylic acids is 1. The van der Waals surface area contributed by atoms with Crippen LogP contribution in [0.4, 0.5) is 0 Å². The van der Waals surface area contributed by atoms with Gasteiger partial charge in [0.25, 0.3) is 0 Å². The van der Waals surface area contributed by atoms with E-state index in [0.717, 1.165) is 10.9 Å². The van der Waals surface area contributed by atoms with Gasteiger partial charge in [0, 0.05) is 23.4 Å². The van der Waals surface area contributed by atoms with Gasteiger partial charge >= 0.3 is 11.6 Å². The number of methoxy groups -OCH3 is 1. The zero-order valence-corrected chi connectivity index (χ0v) is 15.1. The van der Waals surface area contributed by atoms with Gasteiger partial charge in [-0.2, -0.15) is 0 Å². The molecule has 1 atom stereocenters. The molecule has 2 rings (SSSR count). The van der Waals surface area contributed by atoms with Crippen molar-refractivity contribution >= 4 is 22.8 Å². The van der Waals surface area contributed by atoms with Crippen LogP contribution in [0, 0.1) is 6.92 Å². The topological polar surface area (TPSA) is 106 Å². The molecule has 140 valence electrons. The van der Waals surface area contributed by atoms with Gasteiger partial charge in [-0.15, -0.1) is 0 Å². The third-order valence-corrected chi connectivity index (χ3v) is 4.31. The maximum Gasteiger partial charge on any atom is 0.339 e. The number of aryl methyl sites for hydroxylation is 1. The van der Waals surface area contributed by atoms with Gasteiger partial charge in [-0.1, -0.05) is 13.3 Å². The number of ether oxygens (including phenoxy) is 1. The van der Waals surface area contributed by atoms with E-state index in [9.17, 15) is 14.4 Å². The van der Waals surface area contributed by atoms with Crippen LogP contribution in [0.3, 0.4) is 0 Å². The van der Waals surface area contributed by atoms with Crippen LogP contribution in [0.5, 0.6) is 5.75 Å². The number of amides is 1. The van der Waals surface area contributed by atoms with E-state index < -0.39 is 23.5 Å². The molecule has 0 radical (unpaired) electrons. The Hall–Kier alpha value is -2.83. The Balaban J connectivity index is 2.17. The number of aliphatic carboxylic acids is 1. The number of rotatable bonds is 8. The van der Waals surface area contributed by atoms with E-state index in [1.165, 1.54) is 7.11 Å². The summed E-state index contributed by atoms with van der Waals surface area (Å²) in [5.74, 6) is -0.877. The Morgan fingerprint density at radius 2 is 2.08 bits per heavy atom. The van der Waals surface area contributed by atoms with Crippen molar-refractivity contribution in [3.8, 4) is 5.75 Å². The molecule has 1 heterocycles. The average Bonchev–Trinajstić information content (AvgIpc) is 2.60. The molecule has 2 aromatic rings. The van der Waals surface area contributed by atoms with Crippen LogP contribution >= 0.6 is 0 Å². The van der Waals surface area contributed by atoms with Crippen molar-refractivity contribution in [2.24, 2.45) is 0 Å². The van der Waals surface area contributed by atoms with Gasteiger partial charge in [0.1, 0.15) is 17.4 Å². The van der Waals surface area contributed by atoms with E-state index in [1.54, 1.807) is 25.1 Å². The first kappa shape index (κ1) is 19.5. The number of hydrogen-bond acceptors (Lipinski definition) is 5. The Morgan fingerprint density at radius 1 is 1.35 bits per heavy atom. The maximum atomic E-state index is 12.3. The van der Waals surface area contributed by atoms with Crippen LogP contribution in [0.1, 0.15) is 37.3 Å². The van der Waals surface area contributed by atoms with Crippen molar-refractivity contribution in [2.75, 3.05) is 7.11 Å². The molecular weight excluding hydrogens is 338 g/mol. The highest BCUT2D eigenvalue weighted by Crippen LogP contribution is 2.24. The molecule has 1 aromatic heterocycles. The molecular formula is C19H23NO6. The monoisotopic (exact) mass is 361 g/mol. The highest BCUT2D eigenvalue weighted by molar-refractivity contribution is 5.84. The Labute approximate surface area is 151 Å². The molecule has 2 N–H and O–H groups in total. The first-order valence-corrected chi connectivity index (χ1v) is 8.49. The van der Waals surface area contributed by atoms with Crippen molar-refractivity contribution in [3.05, 3.63) is 39.7 Å². The van der Waals surface area contributed by atoms with E-state index in [1.807, 2.05) is 6.92 Å². The zero-order chi connectivity index (χ0) is 19.3. The molecule has 0 saturated carbocycles. The Kier molecular flexibility index (Phi) is 6.38. The molecule has 0 fully saturated rings. The predicted molar refractivity (Wildman–Crippen MR) is 96.6 cm³/mol. The predicted octanol–water partition coefficient (Wildman–Crippen LogP) is 2.41. The molecule has 26 heavy (non-hydrogen) atoms. The molecule has 7 nitrogen and oxygen atoms in total. The summed E-state index contributed by atoms with van der Waals surface area (Å²) in [7, 11) is 1.53. The highest BCUT2D eigenvalue weighted by atomic mass is 16.5. The summed E-state index contributed by atoms with van der Waals surface area (Å²) in [6.07, 6.45) is 1.20. The van der Waals surface area contributed by atoms with Crippen LogP contribution in [-0.2, 0) is 16.0 Å². The molecule has 1 unspecified atom stereocenters. The fraction of sp³-hybridized carbons (Fsp3) is 0.421. The lowest BCUT2D eigenvalue weighted by Crippen LogP contribution is -2.40. The van der Waals surface area contributed by atoms with E-state index in [4.69, 9.17) is 14.3 Å². The molecule has 0 aliphatic rings. The lowest BCUT2D eigenvalue weighted by molar-refractivity contribution is -0.142. The normalized spacial score (nSPS) is 12.0. The maximum absolute atomic E-state index is 12.3. The Morgan fingerprint density at radius 3 is 2.69 bits per heavy atom. The fourth-order valence-electron chi connectivity index (χ4n) is 2.84. The number of nitrogens with one attached hydrogen (secondary N) is 1. The molecule has 0 aliphatic heterocycles. The summed E-state index contributed by atoms with van der Waals surface area (Å²) in [5.41, 5.74) is 1.09. The highest BCUT2D eigenvalue weighted by Gasteiger charge is 2.19. The van der Waals surface area contributed by atoms with Crippen molar-refractivity contribution in [1.29, 1.82) is 0 Å². The SMILES string of the molecule is CCCC(NC(=O)CCc1c(C)c2ccc(OC)cc2oc1=O)C(=O)O. The van der Waals surface area contributed by atoms with Gasteiger partial charge in [-0.25, -0.2) is 9.59 Å². The third kappa shape index (κ3) is 4.41. The minimum Gasteiger partial charge on any atom is -0.497 e. The van der Waals surface area contributed by atoms with Crippen LogP contribution < -0.4 is 15.7 Å². The summed E-state index contributed by atoms with van der Waals surface area (Å²) in [5, 5.41) is 12.4. The van der Waals surface area contributed by atoms with Gasteiger partial charge in [0.2, 0.25) is 5.91 Å². The van der Waals surface area contributed by atoms with E-state index in [2.05, 4.69) is 5.32 Å². The Bertz CT molecular complexity index is 870. The van der Waals surface area contributed by atoms with Gasteiger partial charge in [-0.05, 0) is 37.5 Å². The minimum atomic E-state index is -1.06. The van der Waals surface area contributed by atoms with Gasteiger partial charge in [0.15, 0.2) is 0 Å². The van der Waals surface area contributed by atoms with E-state index >= 15 is 0 Å². The van der Waals surface area contributed by atoms with Crippen molar-refractivity contribution < 1.29 is 23.8 Å². The van der Waals surface area contributed by atoms with Crippen LogP contribution in [-0.4, -0.2) is 30.1 Å². The van der Waals surface area contributed by atoms with Crippen molar-refractivity contribution in [3.63, 3.8) is 0 Å². The zero-order valence-electron chi connectivity index (χ0n) is 15.1. The molecule has 0 spiro atoms. The van der Waals surface area contributed by atoms with E-state index in [-0.39, 0.29) is 12.8 Å². The first-order valence-electron chi connectivity index (χ1n) is 8.49. The second kappa shape index (κ2) is 8.51. The molecule has 1 aromatic carbocycles. The summed E-state index contributed by atoms with van der Waals surface area (Å²) in [6, 6.07) is 4.31. The standard InChI is InChI=1S/C19H23NO6/c1-4-5-15(18(22)23)20-17(21)9-8-14-11(2)13-7-6-12(25-3)10-16(13)26-19(14)24/h6-7,10,15H,4-5,8-9H2,1-3H3,(H,20,21)(H,22,23). The van der Waals surface area contributed by atoms with Gasteiger partial charge < -0.3 is 19.6 Å². The molecule has 0 aliphatic carbocycles. The summed E-state index contributed by atoms with van der Waals surface area (Å²) >= 11 is 0. The number of carbonyl (C=O) groups is 2. The first-order chi connectivity index (χ1) is 12.4. The fourth-order valence-corrected chi connectivity index (χ4v) is 2.84. The molecule has 7 heteroatoms. The largest absolute Gasteiger partial charge is 0.497 e. The second-order valence-corrected chi connectivity index (χ2v) is 6.10. The number of carboxylic acids is 1. The molecule has 1 amide bonds. The minimum absolute atomic E-state index is 0.0146. The molecule has 0 bridgehead atoms. The second-order valence-electron chi connectivity index (χ2n) is 6.10. The van der Waals surface area contributed by atoms with Gasteiger partial charge in [-0.3, -0.25) is 4.79 Å². The van der Waals surface area contributed by atoms with Crippen LogP contribution in [0.25, 0.3) is 11.0 Å². The van der Waals surface area contributed by atoms with Crippen molar-refractivity contribution in [1.82, 2.24) is 5.32 Å². The quantitative estimate of drug-likeness (QED) is 0.700. The number of carboxylic acid groups (broad SMARTS) is 1. The third-order valence-electron chi connectivity index (χ3n) is 4.31. The smallest absolute Gasteiger partial charge is 0.339 e. The number of benzene rings is 1. The number of fused-ring (bicyclic) bond motifs is 1.